The number of amides is 2. The van der Waals surface area contributed by atoms with Crippen LogP contribution in [0.4, 0.5) is 8.78 Å². The molecule has 2 amide bonds. The number of nitrogens with one attached hydrogen (secondary N) is 1. The smallest absolute Gasteiger partial charge is 0.333 e. The van der Waals surface area contributed by atoms with Crippen molar-refractivity contribution < 1.29 is 18.4 Å². The summed E-state index contributed by atoms with van der Waals surface area (Å²) in [6.07, 6.45) is 4.26. The zero-order valence-electron chi connectivity index (χ0n) is 14.4. The zero-order valence-corrected chi connectivity index (χ0v) is 14.4. The molecule has 1 aliphatic heterocycles. The van der Waals surface area contributed by atoms with Crippen LogP contribution in [0.5, 0.6) is 0 Å². The number of alkyl halides is 2. The highest BCUT2D eigenvalue weighted by Crippen LogP contribution is 2.46. The molecule has 2 fully saturated rings. The van der Waals surface area contributed by atoms with Gasteiger partial charge in [-0.15, -0.1) is 0 Å². The van der Waals surface area contributed by atoms with Crippen LogP contribution in [-0.4, -0.2) is 60.5 Å². The van der Waals surface area contributed by atoms with Crippen LogP contribution < -0.4 is 5.32 Å². The lowest BCUT2D eigenvalue weighted by Crippen LogP contribution is -2.38. The van der Waals surface area contributed by atoms with E-state index in [0.717, 1.165) is 0 Å². The predicted molar refractivity (Wildman–Crippen MR) is 90.6 cm³/mol. The third kappa shape index (κ3) is 2.53. The van der Waals surface area contributed by atoms with Gasteiger partial charge in [0.2, 0.25) is 0 Å². The van der Waals surface area contributed by atoms with Gasteiger partial charge in [-0.2, -0.15) is 33.4 Å². The molecular weight excluding hydrogens is 372 g/mol. The van der Waals surface area contributed by atoms with Gasteiger partial charge in [-0.3, -0.25) is 9.59 Å². The molecule has 1 saturated heterocycles. The lowest BCUT2D eigenvalue weighted by Gasteiger charge is -2.20. The highest BCUT2D eigenvalue weighted by molar-refractivity contribution is 6.00. The van der Waals surface area contributed by atoms with Crippen molar-refractivity contribution in [3.63, 3.8) is 0 Å². The van der Waals surface area contributed by atoms with Crippen LogP contribution in [0.1, 0.15) is 27.4 Å². The van der Waals surface area contributed by atoms with Gasteiger partial charge in [0.15, 0.2) is 0 Å². The van der Waals surface area contributed by atoms with Gasteiger partial charge in [0.1, 0.15) is 11.2 Å². The first kappa shape index (κ1) is 16.8. The first-order chi connectivity index (χ1) is 13.5. The van der Waals surface area contributed by atoms with Crippen molar-refractivity contribution >= 4 is 17.3 Å². The maximum absolute atomic E-state index is 12.9. The fraction of sp³-hybridized carbons (Fsp3) is 0.353. The third-order valence-corrected chi connectivity index (χ3v) is 5.40. The molecule has 1 N–H and O–H groups in total. The molecule has 3 atom stereocenters. The average molecular weight is 387 g/mol. The Morgan fingerprint density at radius 2 is 1.89 bits per heavy atom. The molecule has 0 bridgehead atoms. The maximum atomic E-state index is 12.9. The number of halogens is 2. The van der Waals surface area contributed by atoms with Crippen molar-refractivity contribution in [1.82, 2.24) is 34.8 Å². The summed E-state index contributed by atoms with van der Waals surface area (Å²) in [5, 5.41) is 14.4. The molecule has 3 aromatic rings. The Labute approximate surface area is 156 Å². The Balaban J connectivity index is 1.23. The Hall–Kier alpha value is -3.37. The van der Waals surface area contributed by atoms with Gasteiger partial charge in [0.25, 0.3) is 11.8 Å². The molecule has 144 valence electrons. The second kappa shape index (κ2) is 6.08. The fourth-order valence-electron chi connectivity index (χ4n) is 3.95. The number of nitrogens with zero attached hydrogens (tertiary/aromatic N) is 6. The molecule has 0 spiro atoms. The number of rotatable bonds is 4. The van der Waals surface area contributed by atoms with E-state index in [9.17, 15) is 18.4 Å². The van der Waals surface area contributed by atoms with Crippen LogP contribution in [0.3, 0.4) is 0 Å². The summed E-state index contributed by atoms with van der Waals surface area (Å²) in [7, 11) is 0. The molecule has 11 heteroatoms. The first-order valence-corrected chi connectivity index (χ1v) is 8.75. The van der Waals surface area contributed by atoms with E-state index in [1.54, 1.807) is 23.2 Å². The molecule has 1 saturated carbocycles. The van der Waals surface area contributed by atoms with E-state index in [1.807, 2.05) is 0 Å². The lowest BCUT2D eigenvalue weighted by atomic mass is 10.2. The summed E-state index contributed by atoms with van der Waals surface area (Å²) in [5.74, 6) is -0.466. The molecule has 3 aromatic heterocycles. The quantitative estimate of drug-likeness (QED) is 0.715. The molecule has 2 aliphatic rings. The van der Waals surface area contributed by atoms with E-state index >= 15 is 0 Å². The standard InChI is InChI=1S/C17H15F2N7O2/c18-17(19)25-13(3-5-20-25)15(27)23-14-10-7-24(8-11(10)14)16(28)9-6-22-26-12(9)2-1-4-21-26/h1-6,10-11,14,17H,7-8H2,(H,23,27)/t10-,11+,14?. The monoisotopic (exact) mass is 387 g/mol. The molecule has 1 aliphatic carbocycles. The SMILES string of the molecule is O=C(NC1[C@H]2CN(C(=O)c3cnn4ncccc34)C[C@@H]12)c1ccnn1C(F)F. The largest absolute Gasteiger partial charge is 0.347 e. The minimum atomic E-state index is -2.87. The topological polar surface area (TPSA) is 97.4 Å². The number of piperidine rings is 1. The molecular formula is C17H15F2N7O2. The van der Waals surface area contributed by atoms with Crippen molar-refractivity contribution in [3.8, 4) is 0 Å². The molecule has 28 heavy (non-hydrogen) atoms. The van der Waals surface area contributed by atoms with Gasteiger partial charge >= 0.3 is 6.55 Å². The second-order valence-electron chi connectivity index (χ2n) is 6.93. The van der Waals surface area contributed by atoms with Gasteiger partial charge < -0.3 is 10.2 Å². The Bertz CT molecular complexity index is 1070. The maximum Gasteiger partial charge on any atom is 0.333 e. The van der Waals surface area contributed by atoms with Crippen molar-refractivity contribution in [2.75, 3.05) is 13.1 Å². The van der Waals surface area contributed by atoms with Crippen LogP contribution in [0.15, 0.2) is 36.8 Å². The van der Waals surface area contributed by atoms with Crippen LogP contribution in [0, 0.1) is 11.8 Å². The third-order valence-electron chi connectivity index (χ3n) is 5.40. The summed E-state index contributed by atoms with van der Waals surface area (Å²) >= 11 is 0. The van der Waals surface area contributed by atoms with Gasteiger partial charge in [0, 0.05) is 43.4 Å². The van der Waals surface area contributed by atoms with Crippen molar-refractivity contribution in [1.29, 1.82) is 0 Å². The highest BCUT2D eigenvalue weighted by atomic mass is 19.3. The molecule has 1 unspecified atom stereocenters. The van der Waals surface area contributed by atoms with E-state index in [0.29, 0.717) is 28.9 Å². The van der Waals surface area contributed by atoms with Crippen LogP contribution in [-0.2, 0) is 0 Å². The Kier molecular flexibility index (Phi) is 3.64. The number of aromatic nitrogens is 5. The van der Waals surface area contributed by atoms with Crippen molar-refractivity contribution in [2.45, 2.75) is 12.6 Å². The van der Waals surface area contributed by atoms with Crippen LogP contribution in [0.25, 0.3) is 5.52 Å². The number of hydrogen-bond acceptors (Lipinski definition) is 5. The van der Waals surface area contributed by atoms with Crippen LogP contribution >= 0.6 is 0 Å². The molecule has 9 nitrogen and oxygen atoms in total. The zero-order chi connectivity index (χ0) is 19.4. The summed E-state index contributed by atoms with van der Waals surface area (Å²) in [4.78, 5) is 26.8. The second-order valence-corrected chi connectivity index (χ2v) is 6.93. The fourth-order valence-corrected chi connectivity index (χ4v) is 3.95. The minimum Gasteiger partial charge on any atom is -0.347 e. The van der Waals surface area contributed by atoms with E-state index in [-0.39, 0.29) is 29.5 Å². The number of hydrogen-bond donors (Lipinski definition) is 1. The average Bonchev–Trinajstić information content (AvgIpc) is 3.21. The predicted octanol–water partition coefficient (Wildman–Crippen LogP) is 0.821. The van der Waals surface area contributed by atoms with Gasteiger partial charge in [-0.05, 0) is 18.2 Å². The Morgan fingerprint density at radius 3 is 2.64 bits per heavy atom. The van der Waals surface area contributed by atoms with E-state index in [4.69, 9.17) is 0 Å². The molecule has 0 radical (unpaired) electrons. The Morgan fingerprint density at radius 1 is 1.11 bits per heavy atom. The lowest BCUT2D eigenvalue weighted by molar-refractivity contribution is 0.0507. The van der Waals surface area contributed by atoms with E-state index < -0.39 is 12.5 Å². The molecule has 4 heterocycles. The molecule has 0 aromatic carbocycles. The van der Waals surface area contributed by atoms with Crippen molar-refractivity contribution in [2.24, 2.45) is 11.8 Å². The van der Waals surface area contributed by atoms with Gasteiger partial charge in [-0.1, -0.05) is 0 Å². The summed E-state index contributed by atoms with van der Waals surface area (Å²) in [6, 6.07) is 4.65. The highest BCUT2D eigenvalue weighted by Gasteiger charge is 2.57. The minimum absolute atomic E-state index is 0.121. The van der Waals surface area contributed by atoms with Crippen LogP contribution in [0.2, 0.25) is 0 Å². The summed E-state index contributed by atoms with van der Waals surface area (Å²) < 4.78 is 27.5. The van der Waals surface area contributed by atoms with E-state index in [2.05, 4.69) is 20.6 Å². The van der Waals surface area contributed by atoms with E-state index in [1.165, 1.54) is 23.1 Å². The normalized spacial score (nSPS) is 23.2. The van der Waals surface area contributed by atoms with Crippen molar-refractivity contribution in [3.05, 3.63) is 48.0 Å². The van der Waals surface area contributed by atoms with Gasteiger partial charge in [-0.25, -0.2) is 0 Å². The number of likely N-dealkylation sites (tertiary alicyclic amines) is 1. The summed E-state index contributed by atoms with van der Waals surface area (Å²) in [6.45, 7) is -1.87. The van der Waals surface area contributed by atoms with Gasteiger partial charge in [0.05, 0.1) is 11.8 Å². The number of fused-ring (bicyclic) bond motifs is 2. The summed E-state index contributed by atoms with van der Waals surface area (Å²) in [5.41, 5.74) is 0.945. The molecule has 5 rings (SSSR count). The number of carbonyl (C=O) groups is 2. The first-order valence-electron chi connectivity index (χ1n) is 8.75. The number of carbonyl (C=O) groups excluding carboxylic acids is 2.